The molecule has 0 unspecified atom stereocenters. The zero-order valence-electron chi connectivity index (χ0n) is 19.1. The number of amides is 1. The molecule has 0 aliphatic heterocycles. The topological polar surface area (TPSA) is 81.3 Å². The van der Waals surface area contributed by atoms with Gasteiger partial charge in [-0.05, 0) is 53.6 Å². The van der Waals surface area contributed by atoms with Gasteiger partial charge in [0.15, 0.2) is 11.5 Å². The van der Waals surface area contributed by atoms with Crippen LogP contribution in [0.5, 0.6) is 11.5 Å². The maximum atomic E-state index is 12.7. The van der Waals surface area contributed by atoms with Crippen molar-refractivity contribution in [2.24, 2.45) is 0 Å². The molecule has 2 heterocycles. The number of phenolic OH excluding ortho intramolecular Hbond substituents is 1. The third-order valence-electron chi connectivity index (χ3n) is 5.77. The van der Waals surface area contributed by atoms with Gasteiger partial charge in [-0.3, -0.25) is 4.79 Å². The maximum Gasteiger partial charge on any atom is 0.248 e. The van der Waals surface area contributed by atoms with E-state index in [2.05, 4.69) is 39.1 Å². The Morgan fingerprint density at radius 3 is 2.69 bits per heavy atom. The Balaban J connectivity index is 1.34. The number of imidazole rings is 1. The van der Waals surface area contributed by atoms with Gasteiger partial charge < -0.3 is 24.3 Å². The Hall–Kier alpha value is -4.78. The van der Waals surface area contributed by atoms with Gasteiger partial charge >= 0.3 is 0 Å². The fraction of sp³-hybridized carbons (Fsp3) is 0.0714. The lowest BCUT2D eigenvalue weighted by molar-refractivity contribution is -0.111. The number of para-hydroxylation sites is 1. The van der Waals surface area contributed by atoms with Crippen LogP contribution in [0.4, 0.5) is 5.69 Å². The van der Waals surface area contributed by atoms with Gasteiger partial charge in [-0.1, -0.05) is 30.3 Å². The average Bonchev–Trinajstić information content (AvgIpc) is 3.55. The molecule has 0 spiro atoms. The van der Waals surface area contributed by atoms with Crippen molar-refractivity contribution in [1.29, 1.82) is 0 Å². The smallest absolute Gasteiger partial charge is 0.248 e. The van der Waals surface area contributed by atoms with Crippen LogP contribution in [0.1, 0.15) is 11.1 Å². The number of nitrogens with one attached hydrogen (secondary N) is 1. The summed E-state index contributed by atoms with van der Waals surface area (Å²) in [6, 6.07) is 21.2. The van der Waals surface area contributed by atoms with Crippen LogP contribution in [-0.4, -0.2) is 32.2 Å². The van der Waals surface area contributed by atoms with Crippen LogP contribution < -0.4 is 10.1 Å². The summed E-state index contributed by atoms with van der Waals surface area (Å²) < 4.78 is 9.14. The standard InChI is InChI=1S/C28H24N4O3/c1-35-26-11-7-20(17-25(26)33)8-12-27(34)30-24-4-2-3-22-13-15-31(28(22)24)18-21-5-9-23(10-6-21)32-16-14-29-19-32/h2-17,19,33H,18H2,1H3,(H,30,34)/b12-8+. The zero-order valence-corrected chi connectivity index (χ0v) is 19.1. The van der Waals surface area contributed by atoms with E-state index in [1.54, 1.807) is 36.8 Å². The van der Waals surface area contributed by atoms with Gasteiger partial charge in [0.05, 0.1) is 24.6 Å². The van der Waals surface area contributed by atoms with E-state index in [1.165, 1.54) is 13.2 Å². The van der Waals surface area contributed by atoms with Crippen molar-refractivity contribution >= 4 is 28.6 Å². The monoisotopic (exact) mass is 464 g/mol. The summed E-state index contributed by atoms with van der Waals surface area (Å²) in [5.74, 6) is 0.149. The number of fused-ring (bicyclic) bond motifs is 1. The van der Waals surface area contributed by atoms with Crippen molar-refractivity contribution in [2.75, 3.05) is 12.4 Å². The SMILES string of the molecule is COc1ccc(/C=C/C(=O)Nc2cccc3ccn(Cc4ccc(-n5ccnc5)cc4)c23)cc1O. The molecule has 1 amide bonds. The molecule has 7 nitrogen and oxygen atoms in total. The lowest BCUT2D eigenvalue weighted by atomic mass is 10.1. The first-order valence-corrected chi connectivity index (χ1v) is 11.1. The highest BCUT2D eigenvalue weighted by atomic mass is 16.5. The predicted octanol–water partition coefficient (Wildman–Crippen LogP) is 5.24. The van der Waals surface area contributed by atoms with Crippen LogP contribution in [-0.2, 0) is 11.3 Å². The van der Waals surface area contributed by atoms with Crippen molar-refractivity contribution in [3.8, 4) is 17.2 Å². The van der Waals surface area contributed by atoms with Crippen molar-refractivity contribution in [3.63, 3.8) is 0 Å². The number of nitrogens with zero attached hydrogens (tertiary/aromatic N) is 3. The Bertz CT molecular complexity index is 1500. The Labute approximate surface area is 202 Å². The second kappa shape index (κ2) is 9.61. The van der Waals surface area contributed by atoms with E-state index in [1.807, 2.05) is 41.2 Å². The fourth-order valence-electron chi connectivity index (χ4n) is 4.03. The normalized spacial score (nSPS) is 11.2. The summed E-state index contributed by atoms with van der Waals surface area (Å²) in [5, 5.41) is 14.0. The molecule has 3 aromatic carbocycles. The lowest BCUT2D eigenvalue weighted by Crippen LogP contribution is -2.09. The summed E-state index contributed by atoms with van der Waals surface area (Å²) in [7, 11) is 1.49. The van der Waals surface area contributed by atoms with Crippen molar-refractivity contribution < 1.29 is 14.6 Å². The van der Waals surface area contributed by atoms with Gasteiger partial charge in [0.1, 0.15) is 0 Å². The Kier molecular flexibility index (Phi) is 6.05. The van der Waals surface area contributed by atoms with E-state index in [-0.39, 0.29) is 11.7 Å². The molecule has 0 saturated heterocycles. The molecule has 7 heteroatoms. The number of carbonyl (C=O) groups excluding carboxylic acids is 1. The molecule has 0 saturated carbocycles. The number of hydrogen-bond donors (Lipinski definition) is 2. The number of rotatable bonds is 7. The highest BCUT2D eigenvalue weighted by Gasteiger charge is 2.10. The molecule has 0 atom stereocenters. The number of aromatic nitrogens is 3. The minimum atomic E-state index is -0.259. The third kappa shape index (κ3) is 4.79. The Morgan fingerprint density at radius 2 is 1.94 bits per heavy atom. The fourth-order valence-corrected chi connectivity index (χ4v) is 4.03. The molecule has 0 bridgehead atoms. The number of ether oxygens (including phenoxy) is 1. The Morgan fingerprint density at radius 1 is 1.09 bits per heavy atom. The molecule has 174 valence electrons. The number of methoxy groups -OCH3 is 1. The number of benzene rings is 3. The number of phenols is 1. The number of aromatic hydroxyl groups is 1. The molecular formula is C28H24N4O3. The molecule has 5 aromatic rings. The van der Waals surface area contributed by atoms with E-state index in [4.69, 9.17) is 4.74 Å². The molecule has 2 N–H and O–H groups in total. The number of carbonyl (C=O) groups is 1. The highest BCUT2D eigenvalue weighted by molar-refractivity contribution is 6.06. The van der Waals surface area contributed by atoms with Gasteiger partial charge in [-0.2, -0.15) is 0 Å². The number of anilines is 1. The molecule has 5 rings (SSSR count). The highest BCUT2D eigenvalue weighted by Crippen LogP contribution is 2.28. The maximum absolute atomic E-state index is 12.7. The molecular weight excluding hydrogens is 440 g/mol. The van der Waals surface area contributed by atoms with E-state index < -0.39 is 0 Å². The van der Waals surface area contributed by atoms with Crippen LogP contribution in [0, 0.1) is 0 Å². The quantitative estimate of drug-likeness (QED) is 0.323. The van der Waals surface area contributed by atoms with E-state index >= 15 is 0 Å². The van der Waals surface area contributed by atoms with Crippen molar-refractivity contribution in [3.05, 3.63) is 109 Å². The summed E-state index contributed by atoms with van der Waals surface area (Å²) in [5.41, 5.74) is 4.57. The first kappa shape index (κ1) is 22.0. The molecule has 0 fully saturated rings. The zero-order chi connectivity index (χ0) is 24.2. The lowest BCUT2D eigenvalue weighted by Gasteiger charge is -2.11. The third-order valence-corrected chi connectivity index (χ3v) is 5.77. The summed E-state index contributed by atoms with van der Waals surface area (Å²) in [6.07, 6.45) is 10.6. The van der Waals surface area contributed by atoms with Crippen LogP contribution in [0.2, 0.25) is 0 Å². The van der Waals surface area contributed by atoms with Gasteiger partial charge in [0.2, 0.25) is 5.91 Å². The molecule has 2 aromatic heterocycles. The van der Waals surface area contributed by atoms with Crippen molar-refractivity contribution in [1.82, 2.24) is 14.1 Å². The second-order valence-electron chi connectivity index (χ2n) is 8.08. The molecule has 35 heavy (non-hydrogen) atoms. The van der Waals surface area contributed by atoms with Crippen LogP contribution in [0.15, 0.2) is 97.7 Å². The van der Waals surface area contributed by atoms with Gasteiger partial charge in [0.25, 0.3) is 0 Å². The van der Waals surface area contributed by atoms with Gasteiger partial charge in [0, 0.05) is 42.3 Å². The van der Waals surface area contributed by atoms with Crippen LogP contribution >= 0.6 is 0 Å². The summed E-state index contributed by atoms with van der Waals surface area (Å²) >= 11 is 0. The molecule has 0 aliphatic rings. The van der Waals surface area contributed by atoms with Crippen LogP contribution in [0.25, 0.3) is 22.7 Å². The average molecular weight is 465 g/mol. The first-order chi connectivity index (χ1) is 17.1. The van der Waals surface area contributed by atoms with E-state index in [9.17, 15) is 9.90 Å². The van der Waals surface area contributed by atoms with Crippen LogP contribution in [0.3, 0.4) is 0 Å². The largest absolute Gasteiger partial charge is 0.504 e. The second-order valence-corrected chi connectivity index (χ2v) is 8.08. The predicted molar refractivity (Wildman–Crippen MR) is 137 cm³/mol. The van der Waals surface area contributed by atoms with Crippen molar-refractivity contribution in [2.45, 2.75) is 6.54 Å². The number of hydrogen-bond acceptors (Lipinski definition) is 4. The van der Waals surface area contributed by atoms with E-state index in [0.717, 1.165) is 27.8 Å². The van der Waals surface area contributed by atoms with Gasteiger partial charge in [-0.15, -0.1) is 0 Å². The minimum Gasteiger partial charge on any atom is -0.504 e. The summed E-state index contributed by atoms with van der Waals surface area (Å²) in [4.78, 5) is 16.8. The molecule has 0 radical (unpaired) electrons. The molecule has 0 aliphatic carbocycles. The van der Waals surface area contributed by atoms with Gasteiger partial charge in [-0.25, -0.2) is 4.98 Å². The van der Waals surface area contributed by atoms with E-state index in [0.29, 0.717) is 17.9 Å². The first-order valence-electron chi connectivity index (χ1n) is 11.1. The summed E-state index contributed by atoms with van der Waals surface area (Å²) in [6.45, 7) is 0.668. The minimum absolute atomic E-state index is 0.0238.